The van der Waals surface area contributed by atoms with Crippen LogP contribution in [0.25, 0.3) is 0 Å². The van der Waals surface area contributed by atoms with Crippen molar-refractivity contribution in [1.82, 2.24) is 0 Å². The van der Waals surface area contributed by atoms with Crippen LogP contribution in [-0.2, 0) is 19.1 Å². The van der Waals surface area contributed by atoms with Gasteiger partial charge in [0.1, 0.15) is 12.4 Å². The number of allylic oxidation sites excluding steroid dienone is 2. The van der Waals surface area contributed by atoms with Gasteiger partial charge >= 0.3 is 5.97 Å². The number of hydrogen-bond donors (Lipinski definition) is 0. The first kappa shape index (κ1) is 26.2. The molecule has 4 fully saturated rings. The van der Waals surface area contributed by atoms with Crippen LogP contribution >= 0.6 is 0 Å². The summed E-state index contributed by atoms with van der Waals surface area (Å²) in [7, 11) is 0. The van der Waals surface area contributed by atoms with Gasteiger partial charge < -0.3 is 9.53 Å². The van der Waals surface area contributed by atoms with E-state index in [2.05, 4.69) is 48.5 Å². The number of hydrogen-bond acceptors (Lipinski definition) is 4. The first-order chi connectivity index (χ1) is 16.7. The molecule has 36 heavy (non-hydrogen) atoms. The molecule has 200 valence electrons. The van der Waals surface area contributed by atoms with Crippen molar-refractivity contribution in [3.63, 3.8) is 0 Å². The van der Waals surface area contributed by atoms with Gasteiger partial charge in [0.2, 0.25) is 0 Å². The summed E-state index contributed by atoms with van der Waals surface area (Å²) in [5, 5.41) is 0. The predicted molar refractivity (Wildman–Crippen MR) is 141 cm³/mol. The highest BCUT2D eigenvalue weighted by atomic mass is 16.5. The lowest BCUT2D eigenvalue weighted by Gasteiger charge is -2.72. The average Bonchev–Trinajstić information content (AvgIpc) is 3.09. The van der Waals surface area contributed by atoms with Crippen molar-refractivity contribution in [1.29, 1.82) is 0 Å². The van der Waals surface area contributed by atoms with E-state index in [1.807, 2.05) is 0 Å². The molecule has 0 aromatic rings. The fourth-order valence-corrected chi connectivity index (χ4v) is 11.2. The molecule has 5 rings (SSSR count). The molecule has 0 N–H and O–H groups in total. The van der Waals surface area contributed by atoms with Crippen LogP contribution in [0.2, 0.25) is 0 Å². The van der Waals surface area contributed by atoms with Crippen LogP contribution in [0.1, 0.15) is 113 Å². The van der Waals surface area contributed by atoms with Gasteiger partial charge in [-0.3, -0.25) is 9.59 Å². The predicted octanol–water partition coefficient (Wildman–Crippen LogP) is 7.10. The fraction of sp³-hybridized carbons (Fsp3) is 0.844. The topological polar surface area (TPSA) is 60.4 Å². The highest BCUT2D eigenvalue weighted by molar-refractivity contribution is 6.03. The summed E-state index contributed by atoms with van der Waals surface area (Å²) in [6, 6.07) is 0. The molecule has 0 saturated heterocycles. The Hall–Kier alpha value is -1.45. The number of esters is 1. The van der Waals surface area contributed by atoms with E-state index in [0.717, 1.165) is 56.8 Å². The minimum Gasteiger partial charge on any atom is -0.462 e. The largest absolute Gasteiger partial charge is 0.462 e. The number of aldehydes is 1. The summed E-state index contributed by atoms with van der Waals surface area (Å²) in [5.41, 5.74) is 2.12. The zero-order chi connectivity index (χ0) is 26.5. The molecule has 0 aromatic heterocycles. The van der Waals surface area contributed by atoms with E-state index < -0.39 is 5.41 Å². The number of carbonyl (C=O) groups is 3. The van der Waals surface area contributed by atoms with Gasteiger partial charge in [-0.2, -0.15) is 0 Å². The molecule has 0 radical (unpaired) electrons. The summed E-state index contributed by atoms with van der Waals surface area (Å²) in [5.74, 6) is 1.69. The Morgan fingerprint density at radius 1 is 0.917 bits per heavy atom. The smallest absolute Gasteiger partial charge is 0.302 e. The molecule has 0 aliphatic heterocycles. The van der Waals surface area contributed by atoms with Crippen molar-refractivity contribution in [2.45, 2.75) is 119 Å². The molecule has 4 nitrogen and oxygen atoms in total. The third kappa shape index (κ3) is 3.14. The standard InChI is InChI=1S/C32H48O4/c1-19(2)26-22(35)17-32(18-33)16-15-30(7)21(27(26)32)9-10-24-29(6)13-12-25(36-20(3)34)28(4,5)23(29)11-14-31(24,30)8/h18-19,21,23-25H,9-17H2,1-8H3/t21-,23?,24?,25+,29+,30-,31-,32+/m1/s1. The number of carbonyl (C=O) groups excluding carboxylic acids is 3. The fourth-order valence-electron chi connectivity index (χ4n) is 11.2. The normalized spacial score (nSPS) is 47.5. The molecule has 0 bridgehead atoms. The second kappa shape index (κ2) is 8.03. The Labute approximate surface area is 218 Å². The van der Waals surface area contributed by atoms with Crippen molar-refractivity contribution < 1.29 is 19.1 Å². The van der Waals surface area contributed by atoms with Gasteiger partial charge in [0.15, 0.2) is 5.78 Å². The van der Waals surface area contributed by atoms with E-state index in [9.17, 15) is 14.4 Å². The first-order valence-electron chi connectivity index (χ1n) is 14.6. The summed E-state index contributed by atoms with van der Waals surface area (Å²) in [4.78, 5) is 37.7. The molecule has 0 heterocycles. The third-order valence-electron chi connectivity index (χ3n) is 13.0. The molecule has 5 aliphatic rings. The maximum atomic E-state index is 13.3. The lowest BCUT2D eigenvalue weighted by molar-refractivity contribution is -0.232. The Kier molecular flexibility index (Phi) is 5.83. The molecule has 0 amide bonds. The van der Waals surface area contributed by atoms with Crippen molar-refractivity contribution >= 4 is 18.0 Å². The lowest BCUT2D eigenvalue weighted by Crippen LogP contribution is -2.65. The molecule has 4 saturated carbocycles. The van der Waals surface area contributed by atoms with E-state index in [1.54, 1.807) is 6.92 Å². The van der Waals surface area contributed by atoms with Crippen molar-refractivity contribution in [3.8, 4) is 0 Å². The number of ketones is 1. The van der Waals surface area contributed by atoms with E-state index >= 15 is 0 Å². The molecule has 2 unspecified atom stereocenters. The van der Waals surface area contributed by atoms with E-state index in [-0.39, 0.29) is 45.4 Å². The Morgan fingerprint density at radius 2 is 1.61 bits per heavy atom. The van der Waals surface area contributed by atoms with Crippen LogP contribution in [0.5, 0.6) is 0 Å². The van der Waals surface area contributed by atoms with Gasteiger partial charge in [-0.1, -0.05) is 48.5 Å². The third-order valence-corrected chi connectivity index (χ3v) is 13.0. The summed E-state index contributed by atoms with van der Waals surface area (Å²) in [6.45, 7) is 18.1. The SMILES string of the molecule is CC(=O)O[C@H]1CC[C@@]2(C)C(CC[C@]3(C)C2CC[C@@H]2C4=C(C(C)C)C(=O)C[C@]4(C=O)CC[C@]23C)C1(C)C. The van der Waals surface area contributed by atoms with Crippen LogP contribution in [0.4, 0.5) is 0 Å². The monoisotopic (exact) mass is 496 g/mol. The molecular weight excluding hydrogens is 448 g/mol. The van der Waals surface area contributed by atoms with Gasteiger partial charge in [0, 0.05) is 18.8 Å². The van der Waals surface area contributed by atoms with Gasteiger partial charge in [0.05, 0.1) is 5.41 Å². The number of rotatable bonds is 3. The number of fused-ring (bicyclic) bond motifs is 7. The van der Waals surface area contributed by atoms with Crippen molar-refractivity contribution in [3.05, 3.63) is 11.1 Å². The highest BCUT2D eigenvalue weighted by Gasteiger charge is 2.70. The molecule has 0 spiro atoms. The van der Waals surface area contributed by atoms with Crippen LogP contribution in [-0.4, -0.2) is 24.1 Å². The Balaban J connectivity index is 1.56. The van der Waals surface area contributed by atoms with E-state index in [0.29, 0.717) is 24.2 Å². The number of Topliss-reactive ketones (excluding diaryl/α,β-unsaturated/α-hetero) is 1. The molecule has 8 atom stereocenters. The van der Waals surface area contributed by atoms with E-state index in [1.165, 1.54) is 12.0 Å². The zero-order valence-electron chi connectivity index (χ0n) is 24.0. The zero-order valence-corrected chi connectivity index (χ0v) is 24.0. The summed E-state index contributed by atoms with van der Waals surface area (Å²) < 4.78 is 5.87. The quantitative estimate of drug-likeness (QED) is 0.309. The van der Waals surface area contributed by atoms with Crippen molar-refractivity contribution in [2.75, 3.05) is 0 Å². The van der Waals surface area contributed by atoms with Gasteiger partial charge in [-0.25, -0.2) is 0 Å². The highest BCUT2D eigenvalue weighted by Crippen LogP contribution is 2.76. The molecule has 5 aliphatic carbocycles. The maximum absolute atomic E-state index is 13.3. The Morgan fingerprint density at radius 3 is 2.22 bits per heavy atom. The van der Waals surface area contributed by atoms with Crippen molar-refractivity contribution in [2.24, 2.45) is 50.7 Å². The molecular formula is C32H48O4. The Bertz CT molecular complexity index is 1020. The van der Waals surface area contributed by atoms with Crippen LogP contribution in [0.3, 0.4) is 0 Å². The first-order valence-corrected chi connectivity index (χ1v) is 14.6. The van der Waals surface area contributed by atoms with Crippen LogP contribution in [0.15, 0.2) is 11.1 Å². The van der Waals surface area contributed by atoms with Crippen LogP contribution < -0.4 is 0 Å². The molecule has 0 aromatic carbocycles. The lowest BCUT2D eigenvalue weighted by atomic mass is 9.33. The summed E-state index contributed by atoms with van der Waals surface area (Å²) >= 11 is 0. The number of ether oxygens (including phenoxy) is 1. The van der Waals surface area contributed by atoms with Gasteiger partial charge in [-0.15, -0.1) is 0 Å². The minimum absolute atomic E-state index is 0.00416. The van der Waals surface area contributed by atoms with E-state index in [4.69, 9.17) is 4.74 Å². The summed E-state index contributed by atoms with van der Waals surface area (Å²) in [6.07, 6.45) is 10.0. The average molecular weight is 497 g/mol. The van der Waals surface area contributed by atoms with Gasteiger partial charge in [-0.05, 0) is 102 Å². The maximum Gasteiger partial charge on any atom is 0.302 e. The second-order valence-electron chi connectivity index (χ2n) is 14.9. The second-order valence-corrected chi connectivity index (χ2v) is 14.9. The molecule has 4 heteroatoms. The van der Waals surface area contributed by atoms with Crippen LogP contribution in [0, 0.1) is 50.7 Å². The minimum atomic E-state index is -0.546. The van der Waals surface area contributed by atoms with Gasteiger partial charge in [0.25, 0.3) is 0 Å².